The first-order valence-corrected chi connectivity index (χ1v) is 6.23. The highest BCUT2D eigenvalue weighted by molar-refractivity contribution is 5.78. The van der Waals surface area contributed by atoms with Crippen molar-refractivity contribution >= 4 is 16.8 Å². The molecular formula is C13H16N4O2. The average Bonchev–Trinajstić information content (AvgIpc) is 2.42. The van der Waals surface area contributed by atoms with Gasteiger partial charge in [0.2, 0.25) is 5.91 Å². The second kappa shape index (κ2) is 5.60. The van der Waals surface area contributed by atoms with Crippen LogP contribution in [0.1, 0.15) is 20.3 Å². The second-order valence-electron chi connectivity index (χ2n) is 4.45. The molecular weight excluding hydrogens is 244 g/mol. The fourth-order valence-corrected chi connectivity index (χ4v) is 1.69. The summed E-state index contributed by atoms with van der Waals surface area (Å²) in [6, 6.07) is 7.02. The van der Waals surface area contributed by atoms with Crippen molar-refractivity contribution in [1.29, 1.82) is 0 Å². The first-order chi connectivity index (χ1) is 9.11. The first-order valence-electron chi connectivity index (χ1n) is 6.23. The molecule has 100 valence electrons. The van der Waals surface area contributed by atoms with Crippen molar-refractivity contribution in [3.05, 3.63) is 34.6 Å². The molecule has 0 aliphatic carbocycles. The summed E-state index contributed by atoms with van der Waals surface area (Å²) in [5, 5.41) is 11.0. The minimum Gasteiger partial charge on any atom is -0.352 e. The summed E-state index contributed by atoms with van der Waals surface area (Å²) in [5.41, 5.74) is 0.232. The molecule has 6 nitrogen and oxygen atoms in total. The summed E-state index contributed by atoms with van der Waals surface area (Å²) in [6.45, 7) is 3.78. The van der Waals surface area contributed by atoms with E-state index in [1.807, 2.05) is 13.8 Å². The van der Waals surface area contributed by atoms with Crippen molar-refractivity contribution in [3.63, 3.8) is 0 Å². The van der Waals surface area contributed by atoms with E-state index in [2.05, 4.69) is 15.6 Å². The lowest BCUT2D eigenvalue weighted by molar-refractivity contribution is -0.122. The first kappa shape index (κ1) is 13.2. The molecule has 1 amide bonds. The molecule has 0 aliphatic heterocycles. The van der Waals surface area contributed by atoms with Gasteiger partial charge in [0.05, 0.1) is 5.39 Å². The van der Waals surface area contributed by atoms with Gasteiger partial charge in [-0.05, 0) is 25.5 Å². The van der Waals surface area contributed by atoms with Crippen LogP contribution in [0.3, 0.4) is 0 Å². The molecule has 0 unspecified atom stereocenters. The molecule has 2 aromatic rings. The third kappa shape index (κ3) is 2.96. The van der Waals surface area contributed by atoms with Crippen LogP contribution in [0, 0.1) is 0 Å². The Bertz CT molecular complexity index is 650. The zero-order valence-corrected chi connectivity index (χ0v) is 11.0. The van der Waals surface area contributed by atoms with E-state index in [4.69, 9.17) is 0 Å². The van der Waals surface area contributed by atoms with E-state index in [9.17, 15) is 9.59 Å². The van der Waals surface area contributed by atoms with Gasteiger partial charge in [0.15, 0.2) is 0 Å². The van der Waals surface area contributed by atoms with Crippen molar-refractivity contribution in [2.24, 2.45) is 0 Å². The summed E-state index contributed by atoms with van der Waals surface area (Å²) < 4.78 is 1.08. The SMILES string of the molecule is CC[C@@H](C)NC(=O)Cn1nnc2ccccc2c1=O. The zero-order valence-electron chi connectivity index (χ0n) is 11.0. The fraction of sp³-hybridized carbons (Fsp3) is 0.385. The Morgan fingerprint density at radius 2 is 2.16 bits per heavy atom. The number of nitrogens with one attached hydrogen (secondary N) is 1. The third-order valence-corrected chi connectivity index (χ3v) is 2.94. The van der Waals surface area contributed by atoms with E-state index >= 15 is 0 Å². The van der Waals surface area contributed by atoms with Crippen LogP contribution in [0.2, 0.25) is 0 Å². The minimum atomic E-state index is -0.301. The number of carbonyl (C=O) groups excluding carboxylic acids is 1. The lowest BCUT2D eigenvalue weighted by Gasteiger charge is -2.11. The lowest BCUT2D eigenvalue weighted by Crippen LogP contribution is -2.38. The summed E-state index contributed by atoms with van der Waals surface area (Å²) >= 11 is 0. The van der Waals surface area contributed by atoms with Gasteiger partial charge < -0.3 is 5.32 Å². The number of carbonyl (C=O) groups is 1. The number of benzene rings is 1. The molecule has 0 aliphatic rings. The van der Waals surface area contributed by atoms with E-state index in [0.717, 1.165) is 11.1 Å². The molecule has 1 atom stereocenters. The topological polar surface area (TPSA) is 76.9 Å². The number of fused-ring (bicyclic) bond motifs is 1. The molecule has 1 heterocycles. The van der Waals surface area contributed by atoms with Crippen LogP contribution in [-0.2, 0) is 11.3 Å². The van der Waals surface area contributed by atoms with Crippen LogP contribution in [0.4, 0.5) is 0 Å². The van der Waals surface area contributed by atoms with E-state index in [1.54, 1.807) is 24.3 Å². The largest absolute Gasteiger partial charge is 0.352 e. The van der Waals surface area contributed by atoms with Crippen molar-refractivity contribution in [1.82, 2.24) is 20.3 Å². The van der Waals surface area contributed by atoms with Crippen molar-refractivity contribution in [2.45, 2.75) is 32.9 Å². The van der Waals surface area contributed by atoms with Gasteiger partial charge in [0.25, 0.3) is 5.56 Å². The van der Waals surface area contributed by atoms with Crippen LogP contribution < -0.4 is 10.9 Å². The zero-order chi connectivity index (χ0) is 13.8. The smallest absolute Gasteiger partial charge is 0.278 e. The molecule has 0 saturated carbocycles. The molecule has 1 N–H and O–H groups in total. The minimum absolute atomic E-state index is 0.0802. The van der Waals surface area contributed by atoms with Gasteiger partial charge in [-0.15, -0.1) is 5.10 Å². The van der Waals surface area contributed by atoms with Crippen molar-refractivity contribution in [3.8, 4) is 0 Å². The van der Waals surface area contributed by atoms with Crippen LogP contribution in [0.15, 0.2) is 29.1 Å². The summed E-state index contributed by atoms with van der Waals surface area (Å²) in [6.07, 6.45) is 0.837. The molecule has 1 aromatic carbocycles. The molecule has 0 saturated heterocycles. The second-order valence-corrected chi connectivity index (χ2v) is 4.45. The number of hydrogen-bond donors (Lipinski definition) is 1. The Morgan fingerprint density at radius 3 is 2.89 bits per heavy atom. The maximum absolute atomic E-state index is 12.1. The molecule has 0 bridgehead atoms. The van der Waals surface area contributed by atoms with E-state index in [1.165, 1.54) is 0 Å². The maximum atomic E-state index is 12.1. The van der Waals surface area contributed by atoms with Gasteiger partial charge in [-0.25, -0.2) is 4.68 Å². The molecule has 0 fully saturated rings. The highest BCUT2D eigenvalue weighted by Crippen LogP contribution is 2.03. The molecule has 0 spiro atoms. The Balaban J connectivity index is 2.24. The average molecular weight is 260 g/mol. The monoisotopic (exact) mass is 260 g/mol. The normalized spacial score (nSPS) is 12.3. The van der Waals surface area contributed by atoms with Gasteiger partial charge in [0.1, 0.15) is 12.1 Å². The maximum Gasteiger partial charge on any atom is 0.278 e. The van der Waals surface area contributed by atoms with Gasteiger partial charge in [0, 0.05) is 6.04 Å². The summed E-state index contributed by atoms with van der Waals surface area (Å²) in [5.74, 6) is -0.235. The predicted molar refractivity (Wildman–Crippen MR) is 71.7 cm³/mol. The Labute approximate surface area is 110 Å². The standard InChI is InChI=1S/C13H16N4O2/c1-3-9(2)14-12(18)8-17-13(19)10-6-4-5-7-11(10)15-16-17/h4-7,9H,3,8H2,1-2H3,(H,14,18)/t9-/m1/s1. The van der Waals surface area contributed by atoms with E-state index in [0.29, 0.717) is 10.9 Å². The van der Waals surface area contributed by atoms with E-state index < -0.39 is 0 Å². The number of amides is 1. The van der Waals surface area contributed by atoms with Crippen LogP contribution in [-0.4, -0.2) is 26.9 Å². The Kier molecular flexibility index (Phi) is 3.89. The molecule has 1 aromatic heterocycles. The Morgan fingerprint density at radius 1 is 1.42 bits per heavy atom. The highest BCUT2D eigenvalue weighted by atomic mass is 16.2. The van der Waals surface area contributed by atoms with Crippen molar-refractivity contribution < 1.29 is 4.79 Å². The number of aromatic nitrogens is 3. The quantitative estimate of drug-likeness (QED) is 0.878. The van der Waals surface area contributed by atoms with Gasteiger partial charge in [-0.2, -0.15) is 0 Å². The fourth-order valence-electron chi connectivity index (χ4n) is 1.69. The predicted octanol–water partition coefficient (Wildman–Crippen LogP) is 0.706. The Hall–Kier alpha value is -2.24. The van der Waals surface area contributed by atoms with Gasteiger partial charge in [-0.3, -0.25) is 9.59 Å². The molecule has 19 heavy (non-hydrogen) atoms. The highest BCUT2D eigenvalue weighted by Gasteiger charge is 2.10. The van der Waals surface area contributed by atoms with Gasteiger partial charge >= 0.3 is 0 Å². The van der Waals surface area contributed by atoms with Crippen molar-refractivity contribution in [2.75, 3.05) is 0 Å². The number of nitrogens with zero attached hydrogens (tertiary/aromatic N) is 3. The van der Waals surface area contributed by atoms with Crippen LogP contribution in [0.5, 0.6) is 0 Å². The van der Waals surface area contributed by atoms with Crippen LogP contribution >= 0.6 is 0 Å². The van der Waals surface area contributed by atoms with Crippen LogP contribution in [0.25, 0.3) is 10.9 Å². The molecule has 2 rings (SSSR count). The molecule has 6 heteroatoms. The summed E-state index contributed by atoms with van der Waals surface area (Å²) in [7, 11) is 0. The summed E-state index contributed by atoms with van der Waals surface area (Å²) in [4.78, 5) is 23.8. The number of hydrogen-bond acceptors (Lipinski definition) is 4. The lowest BCUT2D eigenvalue weighted by atomic mass is 10.2. The number of rotatable bonds is 4. The van der Waals surface area contributed by atoms with E-state index in [-0.39, 0.29) is 24.1 Å². The third-order valence-electron chi connectivity index (χ3n) is 2.94. The molecule has 0 radical (unpaired) electrons. The van der Waals surface area contributed by atoms with Gasteiger partial charge in [-0.1, -0.05) is 24.3 Å².